The summed E-state index contributed by atoms with van der Waals surface area (Å²) in [4.78, 5) is 17.5. The molecule has 2 aromatic heterocycles. The predicted molar refractivity (Wildman–Crippen MR) is 128 cm³/mol. The Morgan fingerprint density at radius 2 is 1.91 bits per heavy atom. The number of anilines is 1. The summed E-state index contributed by atoms with van der Waals surface area (Å²) in [6.45, 7) is 6.64. The van der Waals surface area contributed by atoms with Gasteiger partial charge >= 0.3 is 0 Å². The van der Waals surface area contributed by atoms with E-state index in [0.29, 0.717) is 36.4 Å². The highest BCUT2D eigenvalue weighted by atomic mass is 32.2. The van der Waals surface area contributed by atoms with E-state index in [-0.39, 0.29) is 17.2 Å². The van der Waals surface area contributed by atoms with Crippen LogP contribution in [0.4, 0.5) is 5.69 Å². The van der Waals surface area contributed by atoms with Crippen molar-refractivity contribution in [3.05, 3.63) is 52.5 Å². The largest absolute Gasteiger partial charge is 0.326 e. The highest BCUT2D eigenvalue weighted by Crippen LogP contribution is 2.26. The molecule has 0 bridgehead atoms. The van der Waals surface area contributed by atoms with Crippen LogP contribution < -0.4 is 5.32 Å². The summed E-state index contributed by atoms with van der Waals surface area (Å²) in [6, 6.07) is 6.96. The molecule has 9 nitrogen and oxygen atoms in total. The van der Waals surface area contributed by atoms with Gasteiger partial charge in [0.2, 0.25) is 15.9 Å². The number of benzene rings is 1. The molecule has 1 aliphatic heterocycles. The highest BCUT2D eigenvalue weighted by Gasteiger charge is 2.26. The van der Waals surface area contributed by atoms with Gasteiger partial charge in [-0.3, -0.25) is 4.79 Å². The second-order valence-corrected chi connectivity index (χ2v) is 10.6. The van der Waals surface area contributed by atoms with Gasteiger partial charge in [-0.05, 0) is 63.3 Å². The van der Waals surface area contributed by atoms with Crippen molar-refractivity contribution in [3.8, 4) is 6.07 Å². The Balaban J connectivity index is 1.50. The van der Waals surface area contributed by atoms with E-state index in [1.165, 1.54) is 10.5 Å². The lowest BCUT2D eigenvalue weighted by Gasteiger charge is -2.26. The average molecular weight is 481 g/mol. The van der Waals surface area contributed by atoms with Crippen LogP contribution in [0.3, 0.4) is 0 Å². The lowest BCUT2D eigenvalue weighted by atomic mass is 10.1. The van der Waals surface area contributed by atoms with E-state index in [2.05, 4.69) is 21.5 Å². The fourth-order valence-electron chi connectivity index (χ4n) is 4.35. The normalized spacial score (nSPS) is 14.8. The van der Waals surface area contributed by atoms with Crippen molar-refractivity contribution < 1.29 is 13.2 Å². The van der Waals surface area contributed by atoms with Gasteiger partial charge in [0.05, 0.1) is 11.1 Å². The number of nitriles is 1. The van der Waals surface area contributed by atoms with Crippen molar-refractivity contribution in [3.63, 3.8) is 0 Å². The van der Waals surface area contributed by atoms with Crippen LogP contribution in [0.1, 0.15) is 53.8 Å². The van der Waals surface area contributed by atoms with Gasteiger partial charge in [0.15, 0.2) is 5.65 Å². The van der Waals surface area contributed by atoms with E-state index >= 15 is 0 Å². The van der Waals surface area contributed by atoms with Gasteiger partial charge in [0, 0.05) is 36.6 Å². The molecule has 34 heavy (non-hydrogen) atoms. The fourth-order valence-corrected chi connectivity index (χ4v) is 5.90. The maximum absolute atomic E-state index is 13.0. The van der Waals surface area contributed by atoms with E-state index in [0.717, 1.165) is 41.8 Å². The van der Waals surface area contributed by atoms with E-state index < -0.39 is 10.0 Å². The van der Waals surface area contributed by atoms with Crippen LogP contribution >= 0.6 is 0 Å². The number of nitrogens with one attached hydrogen (secondary N) is 1. The number of aryl methyl sites for hydroxylation is 3. The molecule has 10 heteroatoms. The number of carbonyl (C=O) groups excluding carboxylic acids is 1. The van der Waals surface area contributed by atoms with E-state index in [9.17, 15) is 18.5 Å². The minimum atomic E-state index is -3.58. The van der Waals surface area contributed by atoms with Gasteiger partial charge in [-0.2, -0.15) is 14.7 Å². The maximum Gasteiger partial charge on any atom is 0.243 e. The topological polar surface area (TPSA) is 120 Å². The molecule has 1 amide bonds. The quantitative estimate of drug-likeness (QED) is 0.578. The van der Waals surface area contributed by atoms with E-state index in [1.54, 1.807) is 22.7 Å². The monoisotopic (exact) mass is 480 g/mol. The maximum atomic E-state index is 13.0. The van der Waals surface area contributed by atoms with Gasteiger partial charge in [-0.15, -0.1) is 0 Å². The number of nitrogens with zero attached hydrogens (tertiary/aromatic N) is 5. The standard InChI is InChI=1S/C24H28N6O3S/c1-16-7-8-20(34(32,33)29-11-5-4-6-12-29)13-22(16)28-23(31)10-9-21-17(2)27-24-19(14-25)15-26-30(24)18(21)3/h7-8,13,15H,4-6,9-12H2,1-3H3,(H,28,31). The second-order valence-electron chi connectivity index (χ2n) is 8.66. The average Bonchev–Trinajstić information content (AvgIpc) is 3.23. The SMILES string of the molecule is Cc1ccc(S(=O)(=O)N2CCCCC2)cc1NC(=O)CCc1c(C)nc2c(C#N)cnn2c1C. The molecule has 0 aliphatic carbocycles. The minimum absolute atomic E-state index is 0.198. The van der Waals surface area contributed by atoms with Crippen molar-refractivity contribution in [2.24, 2.45) is 0 Å². The van der Waals surface area contributed by atoms with Crippen LogP contribution in [0, 0.1) is 32.1 Å². The van der Waals surface area contributed by atoms with E-state index in [1.807, 2.05) is 20.8 Å². The summed E-state index contributed by atoms with van der Waals surface area (Å²) in [6.07, 6.45) is 4.90. The van der Waals surface area contributed by atoms with Gasteiger partial charge < -0.3 is 5.32 Å². The lowest BCUT2D eigenvalue weighted by Crippen LogP contribution is -2.35. The van der Waals surface area contributed by atoms with Crippen LogP contribution in [-0.2, 0) is 21.2 Å². The summed E-state index contributed by atoms with van der Waals surface area (Å²) < 4.78 is 29.2. The molecule has 0 unspecified atom stereocenters. The molecular weight excluding hydrogens is 452 g/mol. The zero-order valence-electron chi connectivity index (χ0n) is 19.6. The number of hydrogen-bond acceptors (Lipinski definition) is 6. The molecule has 1 aliphatic rings. The molecule has 3 aromatic rings. The zero-order valence-corrected chi connectivity index (χ0v) is 20.4. The van der Waals surface area contributed by atoms with Crippen molar-refractivity contribution in [2.45, 2.75) is 57.8 Å². The summed E-state index contributed by atoms with van der Waals surface area (Å²) in [5.41, 5.74) is 4.69. The third-order valence-corrected chi connectivity index (χ3v) is 8.26. The van der Waals surface area contributed by atoms with Crippen LogP contribution in [0.15, 0.2) is 29.3 Å². The molecular formula is C24H28N6O3S. The Labute approximate surface area is 199 Å². The predicted octanol–water partition coefficient (Wildman–Crippen LogP) is 3.27. The first kappa shape index (κ1) is 23.9. The van der Waals surface area contributed by atoms with Crippen LogP contribution in [0.2, 0.25) is 0 Å². The molecule has 0 atom stereocenters. The molecule has 3 heterocycles. The Kier molecular flexibility index (Phi) is 6.68. The van der Waals surface area contributed by atoms with Crippen molar-refractivity contribution in [2.75, 3.05) is 18.4 Å². The number of amides is 1. The third kappa shape index (κ3) is 4.54. The number of fused-ring (bicyclic) bond motifs is 1. The minimum Gasteiger partial charge on any atom is -0.326 e. The molecule has 0 spiro atoms. The summed E-state index contributed by atoms with van der Waals surface area (Å²) in [5, 5.41) is 16.3. The van der Waals surface area contributed by atoms with Crippen molar-refractivity contribution >= 4 is 27.3 Å². The molecule has 1 N–H and O–H groups in total. The van der Waals surface area contributed by atoms with Gasteiger partial charge in [-0.1, -0.05) is 12.5 Å². The van der Waals surface area contributed by atoms with E-state index in [4.69, 9.17) is 0 Å². The van der Waals surface area contributed by atoms with Crippen LogP contribution in [0.25, 0.3) is 5.65 Å². The Morgan fingerprint density at radius 3 is 2.62 bits per heavy atom. The first-order chi connectivity index (χ1) is 16.2. The Hall–Kier alpha value is -3.29. The number of rotatable bonds is 6. The van der Waals surface area contributed by atoms with Crippen LogP contribution in [0.5, 0.6) is 0 Å². The van der Waals surface area contributed by atoms with Crippen LogP contribution in [-0.4, -0.2) is 46.3 Å². The Morgan fingerprint density at radius 1 is 1.18 bits per heavy atom. The number of hydrogen-bond donors (Lipinski definition) is 1. The number of carbonyl (C=O) groups is 1. The summed E-state index contributed by atoms with van der Waals surface area (Å²) >= 11 is 0. The van der Waals surface area contributed by atoms with Gasteiger partial charge in [0.1, 0.15) is 11.6 Å². The van der Waals surface area contributed by atoms with Crippen molar-refractivity contribution in [1.29, 1.82) is 5.26 Å². The second kappa shape index (κ2) is 9.52. The first-order valence-corrected chi connectivity index (χ1v) is 12.8. The molecule has 0 saturated carbocycles. The molecule has 1 fully saturated rings. The number of sulfonamides is 1. The number of piperidine rings is 1. The number of aromatic nitrogens is 3. The lowest BCUT2D eigenvalue weighted by molar-refractivity contribution is -0.116. The molecule has 1 saturated heterocycles. The Bertz CT molecular complexity index is 1400. The third-order valence-electron chi connectivity index (χ3n) is 6.37. The molecule has 4 rings (SSSR count). The highest BCUT2D eigenvalue weighted by molar-refractivity contribution is 7.89. The molecule has 1 aromatic carbocycles. The fraction of sp³-hybridized carbons (Fsp3) is 0.417. The first-order valence-electron chi connectivity index (χ1n) is 11.4. The van der Waals surface area contributed by atoms with Gasteiger partial charge in [-0.25, -0.2) is 17.9 Å². The van der Waals surface area contributed by atoms with Crippen molar-refractivity contribution in [1.82, 2.24) is 18.9 Å². The molecule has 178 valence electrons. The smallest absolute Gasteiger partial charge is 0.243 e. The summed E-state index contributed by atoms with van der Waals surface area (Å²) in [7, 11) is -3.58. The summed E-state index contributed by atoms with van der Waals surface area (Å²) in [5.74, 6) is -0.215. The molecule has 0 radical (unpaired) electrons. The van der Waals surface area contributed by atoms with Gasteiger partial charge in [0.25, 0.3) is 0 Å². The zero-order chi connectivity index (χ0) is 24.5.